The maximum absolute atomic E-state index is 12.3. The van der Waals surface area contributed by atoms with E-state index in [9.17, 15) is 4.79 Å². The Morgan fingerprint density at radius 1 is 1.15 bits per heavy atom. The number of aromatic nitrogens is 2. The first-order valence-electron chi connectivity index (χ1n) is 7.68. The van der Waals surface area contributed by atoms with Gasteiger partial charge in [-0.25, -0.2) is 5.43 Å². The molecule has 2 aromatic carbocycles. The molecule has 1 amide bonds. The van der Waals surface area contributed by atoms with E-state index in [1.807, 2.05) is 12.1 Å². The summed E-state index contributed by atoms with van der Waals surface area (Å²) in [6, 6.07) is 12.4. The lowest BCUT2D eigenvalue weighted by Gasteiger charge is -2.02. The molecule has 138 valence electrons. The van der Waals surface area contributed by atoms with Gasteiger partial charge in [0.15, 0.2) is 5.69 Å². The Morgan fingerprint density at radius 3 is 2.56 bits per heavy atom. The number of nitrogens with zero attached hydrogens (tertiary/aromatic N) is 3. The molecule has 0 aliphatic heterocycles. The lowest BCUT2D eigenvalue weighted by atomic mass is 10.2. The summed E-state index contributed by atoms with van der Waals surface area (Å²) in [4.78, 5) is 12.3. The topological polar surface area (TPSA) is 59.3 Å². The number of amides is 1. The number of hydrogen-bond acceptors (Lipinski definition) is 3. The molecule has 0 atom stereocenters. The zero-order valence-corrected chi connectivity index (χ0v) is 17.5. The highest BCUT2D eigenvalue weighted by molar-refractivity contribution is 9.10. The van der Waals surface area contributed by atoms with Gasteiger partial charge < -0.3 is 0 Å². The third-order valence-corrected chi connectivity index (χ3v) is 4.92. The van der Waals surface area contributed by atoms with Crippen molar-refractivity contribution in [2.45, 2.75) is 6.54 Å². The monoisotopic (exact) mass is 484 g/mol. The fourth-order valence-corrected chi connectivity index (χ4v) is 3.31. The van der Waals surface area contributed by atoms with Crippen LogP contribution in [0.2, 0.25) is 15.1 Å². The molecular formula is C18H12BrCl3N4O. The van der Waals surface area contributed by atoms with Gasteiger partial charge >= 0.3 is 0 Å². The lowest BCUT2D eigenvalue weighted by molar-refractivity contribution is 0.0948. The molecule has 27 heavy (non-hydrogen) atoms. The van der Waals surface area contributed by atoms with Crippen molar-refractivity contribution in [3.63, 3.8) is 0 Å². The molecular weight excluding hydrogens is 474 g/mol. The molecule has 1 aromatic heterocycles. The van der Waals surface area contributed by atoms with Crippen LogP contribution in [0.3, 0.4) is 0 Å². The van der Waals surface area contributed by atoms with E-state index in [-0.39, 0.29) is 5.69 Å². The molecule has 0 radical (unpaired) electrons. The molecule has 0 fully saturated rings. The molecule has 3 aromatic rings. The molecule has 5 nitrogen and oxygen atoms in total. The minimum absolute atomic E-state index is 0.225. The van der Waals surface area contributed by atoms with E-state index >= 15 is 0 Å². The standard InChI is InChI=1S/C18H12BrCl3N4O/c19-15-10-26(9-11-1-4-13(20)5-2-11)25-17(15)18(27)24-23-8-12-3-6-14(21)7-16(12)22/h1-8,10H,9H2,(H,24,27)/b23-8+. The molecule has 9 heteroatoms. The highest BCUT2D eigenvalue weighted by Gasteiger charge is 2.15. The molecule has 0 bridgehead atoms. The Bertz CT molecular complexity index is 1000. The molecule has 0 aliphatic carbocycles. The highest BCUT2D eigenvalue weighted by Crippen LogP contribution is 2.20. The summed E-state index contributed by atoms with van der Waals surface area (Å²) in [7, 11) is 0. The second kappa shape index (κ2) is 8.89. The SMILES string of the molecule is O=C(N/N=C/c1ccc(Cl)cc1Cl)c1nn(Cc2ccc(Cl)cc2)cc1Br. The van der Waals surface area contributed by atoms with E-state index in [1.54, 1.807) is 41.2 Å². The maximum Gasteiger partial charge on any atom is 0.293 e. The number of halogens is 4. The molecule has 1 heterocycles. The van der Waals surface area contributed by atoms with Crippen molar-refractivity contribution in [3.8, 4) is 0 Å². The Labute approximate surface area is 179 Å². The molecule has 3 rings (SSSR count). The van der Waals surface area contributed by atoms with Crippen LogP contribution in [0.4, 0.5) is 0 Å². The van der Waals surface area contributed by atoms with Gasteiger partial charge in [-0.2, -0.15) is 10.2 Å². The van der Waals surface area contributed by atoms with Gasteiger partial charge in [0.05, 0.1) is 22.3 Å². The van der Waals surface area contributed by atoms with Gasteiger partial charge in [0.25, 0.3) is 5.91 Å². The second-order valence-electron chi connectivity index (χ2n) is 5.51. The number of rotatable bonds is 5. The molecule has 0 saturated heterocycles. The number of benzene rings is 2. The third-order valence-electron chi connectivity index (χ3n) is 3.52. The van der Waals surface area contributed by atoms with Crippen LogP contribution in [0.15, 0.2) is 58.2 Å². The molecule has 0 aliphatic rings. The molecule has 0 spiro atoms. The van der Waals surface area contributed by atoms with Crippen molar-refractivity contribution in [3.05, 3.63) is 85.0 Å². The van der Waals surface area contributed by atoms with Gasteiger partial charge in [-0.1, -0.05) is 53.0 Å². The van der Waals surface area contributed by atoms with Gasteiger partial charge in [-0.15, -0.1) is 0 Å². The first-order chi connectivity index (χ1) is 12.9. The number of hydrogen-bond donors (Lipinski definition) is 1. The second-order valence-corrected chi connectivity index (χ2v) is 7.65. The Morgan fingerprint density at radius 2 is 1.85 bits per heavy atom. The summed E-state index contributed by atoms with van der Waals surface area (Å²) in [6.45, 7) is 0.507. The molecule has 1 N–H and O–H groups in total. The predicted molar refractivity (Wildman–Crippen MR) is 112 cm³/mol. The van der Waals surface area contributed by atoms with Crippen LogP contribution in [0, 0.1) is 0 Å². The first-order valence-corrected chi connectivity index (χ1v) is 9.61. The van der Waals surface area contributed by atoms with Crippen molar-refractivity contribution in [2.75, 3.05) is 0 Å². The van der Waals surface area contributed by atoms with Gasteiger partial charge in [0, 0.05) is 21.8 Å². The van der Waals surface area contributed by atoms with E-state index in [2.05, 4.69) is 31.6 Å². The van der Waals surface area contributed by atoms with Gasteiger partial charge in [0.2, 0.25) is 0 Å². The van der Waals surface area contributed by atoms with Crippen LogP contribution < -0.4 is 5.43 Å². The summed E-state index contributed by atoms with van der Waals surface area (Å²) < 4.78 is 2.22. The number of hydrazone groups is 1. The normalized spacial score (nSPS) is 11.1. The fraction of sp³-hybridized carbons (Fsp3) is 0.0556. The summed E-state index contributed by atoms with van der Waals surface area (Å²) >= 11 is 21.1. The van der Waals surface area contributed by atoms with E-state index in [0.29, 0.717) is 31.6 Å². The highest BCUT2D eigenvalue weighted by atomic mass is 79.9. The number of carbonyl (C=O) groups excluding carboxylic acids is 1. The molecule has 0 saturated carbocycles. The lowest BCUT2D eigenvalue weighted by Crippen LogP contribution is -2.19. The van der Waals surface area contributed by atoms with Crippen LogP contribution in [0.5, 0.6) is 0 Å². The maximum atomic E-state index is 12.3. The van der Waals surface area contributed by atoms with Crippen LogP contribution in [0.1, 0.15) is 21.6 Å². The van der Waals surface area contributed by atoms with Crippen molar-refractivity contribution < 1.29 is 4.79 Å². The Hall–Kier alpha value is -1.86. The van der Waals surface area contributed by atoms with Crippen molar-refractivity contribution in [1.29, 1.82) is 0 Å². The van der Waals surface area contributed by atoms with Gasteiger partial charge in [-0.3, -0.25) is 9.48 Å². The minimum Gasteiger partial charge on any atom is -0.266 e. The van der Waals surface area contributed by atoms with Crippen LogP contribution in [-0.2, 0) is 6.54 Å². The summed E-state index contributed by atoms with van der Waals surface area (Å²) in [6.07, 6.45) is 3.17. The summed E-state index contributed by atoms with van der Waals surface area (Å²) in [5.41, 5.74) is 4.30. The van der Waals surface area contributed by atoms with Crippen molar-refractivity contribution in [1.82, 2.24) is 15.2 Å². The fourth-order valence-electron chi connectivity index (χ4n) is 2.23. The zero-order valence-electron chi connectivity index (χ0n) is 13.7. The van der Waals surface area contributed by atoms with Crippen LogP contribution in [-0.4, -0.2) is 21.9 Å². The van der Waals surface area contributed by atoms with Gasteiger partial charge in [0.1, 0.15) is 0 Å². The quantitative estimate of drug-likeness (QED) is 0.387. The minimum atomic E-state index is -0.446. The summed E-state index contributed by atoms with van der Waals surface area (Å²) in [5.74, 6) is -0.446. The average molecular weight is 487 g/mol. The number of nitrogens with one attached hydrogen (secondary N) is 1. The molecule has 0 unspecified atom stereocenters. The van der Waals surface area contributed by atoms with E-state index < -0.39 is 5.91 Å². The average Bonchev–Trinajstić information content (AvgIpc) is 2.99. The van der Waals surface area contributed by atoms with Crippen LogP contribution in [0.25, 0.3) is 0 Å². The van der Waals surface area contributed by atoms with Crippen molar-refractivity contribution in [2.24, 2.45) is 5.10 Å². The summed E-state index contributed by atoms with van der Waals surface area (Å²) in [5, 5.41) is 9.83. The van der Waals surface area contributed by atoms with E-state index in [1.165, 1.54) is 6.21 Å². The van der Waals surface area contributed by atoms with Crippen LogP contribution >= 0.6 is 50.7 Å². The number of carbonyl (C=O) groups is 1. The van der Waals surface area contributed by atoms with Gasteiger partial charge in [-0.05, 0) is 45.8 Å². The van der Waals surface area contributed by atoms with E-state index in [0.717, 1.165) is 5.56 Å². The first kappa shape index (κ1) is 19.9. The zero-order chi connectivity index (χ0) is 19.4. The Kier molecular flexibility index (Phi) is 6.55. The largest absolute Gasteiger partial charge is 0.293 e. The smallest absolute Gasteiger partial charge is 0.266 e. The van der Waals surface area contributed by atoms with E-state index in [4.69, 9.17) is 34.8 Å². The third kappa shape index (κ3) is 5.32. The Balaban J connectivity index is 1.67. The predicted octanol–water partition coefficient (Wildman–Crippen LogP) is 5.42. The van der Waals surface area contributed by atoms with Crippen molar-refractivity contribution >= 4 is 62.9 Å².